The standard InChI is InChI=1S/C13H13ClN4O3S2/c1-21-11(20)6-15-10(19)7-22-13-18-17-12(23-13)16-9-4-2-3-8(14)5-9/h2-5H,6-7H2,1H3,(H,15,19)(H,16,17). The molecule has 10 heteroatoms. The van der Waals surface area contributed by atoms with E-state index in [0.717, 1.165) is 5.69 Å². The molecule has 0 bridgehead atoms. The predicted octanol–water partition coefficient (Wildman–Crippen LogP) is 2.32. The molecule has 1 amide bonds. The fourth-order valence-electron chi connectivity index (χ4n) is 1.43. The van der Waals surface area contributed by atoms with E-state index in [-0.39, 0.29) is 18.2 Å². The molecule has 0 unspecified atom stereocenters. The highest BCUT2D eigenvalue weighted by atomic mass is 35.5. The van der Waals surface area contributed by atoms with E-state index in [1.165, 1.54) is 30.2 Å². The lowest BCUT2D eigenvalue weighted by Crippen LogP contribution is -2.31. The molecule has 122 valence electrons. The maximum atomic E-state index is 11.6. The van der Waals surface area contributed by atoms with Crippen LogP contribution in [0.3, 0.4) is 0 Å². The average Bonchev–Trinajstić information content (AvgIpc) is 2.98. The molecule has 1 aromatic carbocycles. The Bertz CT molecular complexity index is 695. The van der Waals surface area contributed by atoms with Gasteiger partial charge in [0.05, 0.1) is 12.9 Å². The van der Waals surface area contributed by atoms with Gasteiger partial charge in [-0.3, -0.25) is 9.59 Å². The van der Waals surface area contributed by atoms with Crippen molar-refractivity contribution in [3.63, 3.8) is 0 Å². The number of hydrogen-bond acceptors (Lipinski definition) is 8. The number of anilines is 2. The number of hydrogen-bond donors (Lipinski definition) is 2. The number of rotatable bonds is 7. The monoisotopic (exact) mass is 372 g/mol. The minimum Gasteiger partial charge on any atom is -0.468 e. The summed E-state index contributed by atoms with van der Waals surface area (Å²) in [6.45, 7) is -0.145. The molecule has 0 aliphatic carbocycles. The van der Waals surface area contributed by atoms with Crippen LogP contribution in [0.5, 0.6) is 0 Å². The summed E-state index contributed by atoms with van der Waals surface area (Å²) in [4.78, 5) is 22.5. The summed E-state index contributed by atoms with van der Waals surface area (Å²) in [7, 11) is 1.26. The number of esters is 1. The van der Waals surface area contributed by atoms with Gasteiger partial charge in [-0.15, -0.1) is 10.2 Å². The summed E-state index contributed by atoms with van der Waals surface area (Å²) in [6, 6.07) is 7.24. The van der Waals surface area contributed by atoms with Crippen LogP contribution >= 0.6 is 34.7 Å². The zero-order valence-corrected chi connectivity index (χ0v) is 14.4. The van der Waals surface area contributed by atoms with Crippen LogP contribution in [0, 0.1) is 0 Å². The van der Waals surface area contributed by atoms with E-state index in [1.807, 2.05) is 12.1 Å². The molecule has 0 fully saturated rings. The lowest BCUT2D eigenvalue weighted by atomic mass is 10.3. The number of ether oxygens (including phenoxy) is 1. The molecule has 0 atom stereocenters. The zero-order valence-electron chi connectivity index (χ0n) is 12.0. The largest absolute Gasteiger partial charge is 0.468 e. The van der Waals surface area contributed by atoms with Gasteiger partial charge in [-0.25, -0.2) is 0 Å². The molecule has 1 aromatic heterocycles. The third-order valence-electron chi connectivity index (χ3n) is 2.47. The van der Waals surface area contributed by atoms with Gasteiger partial charge in [0.15, 0.2) is 4.34 Å². The number of carbonyl (C=O) groups excluding carboxylic acids is 2. The first-order chi connectivity index (χ1) is 11.1. The molecule has 0 saturated carbocycles. The molecule has 0 saturated heterocycles. The van der Waals surface area contributed by atoms with Crippen molar-refractivity contribution in [2.45, 2.75) is 4.34 Å². The number of amides is 1. The highest BCUT2D eigenvalue weighted by Gasteiger charge is 2.09. The van der Waals surface area contributed by atoms with Crippen molar-refractivity contribution in [1.29, 1.82) is 0 Å². The first-order valence-electron chi connectivity index (χ1n) is 6.39. The molecule has 2 N–H and O–H groups in total. The molecule has 0 aliphatic heterocycles. The van der Waals surface area contributed by atoms with Crippen molar-refractivity contribution in [3.8, 4) is 0 Å². The molecular weight excluding hydrogens is 360 g/mol. The summed E-state index contributed by atoms with van der Waals surface area (Å²) >= 11 is 8.47. The highest BCUT2D eigenvalue weighted by Crippen LogP contribution is 2.28. The zero-order chi connectivity index (χ0) is 16.7. The van der Waals surface area contributed by atoms with E-state index in [1.54, 1.807) is 12.1 Å². The number of benzene rings is 1. The first-order valence-corrected chi connectivity index (χ1v) is 8.57. The first kappa shape index (κ1) is 17.5. The Kier molecular flexibility index (Phi) is 6.63. The Morgan fingerprint density at radius 1 is 1.39 bits per heavy atom. The fraction of sp³-hybridized carbons (Fsp3) is 0.231. The molecular formula is C13H13ClN4O3S2. The Balaban J connectivity index is 1.80. The van der Waals surface area contributed by atoms with Gasteiger partial charge in [0.1, 0.15) is 6.54 Å². The fourth-order valence-corrected chi connectivity index (χ4v) is 3.22. The van der Waals surface area contributed by atoms with Crippen molar-refractivity contribution in [3.05, 3.63) is 29.3 Å². The predicted molar refractivity (Wildman–Crippen MR) is 90.4 cm³/mol. The normalized spacial score (nSPS) is 10.2. The van der Waals surface area contributed by atoms with E-state index >= 15 is 0 Å². The molecule has 7 nitrogen and oxygen atoms in total. The SMILES string of the molecule is COC(=O)CNC(=O)CSc1nnc(Nc2cccc(Cl)c2)s1. The molecule has 0 spiro atoms. The lowest BCUT2D eigenvalue weighted by Gasteiger charge is -2.02. The second kappa shape index (κ2) is 8.70. The molecule has 0 aliphatic rings. The van der Waals surface area contributed by atoms with Gasteiger partial charge in [-0.1, -0.05) is 40.8 Å². The average molecular weight is 373 g/mol. The number of carbonyl (C=O) groups is 2. The van der Waals surface area contributed by atoms with Gasteiger partial charge < -0.3 is 15.4 Å². The van der Waals surface area contributed by atoms with Gasteiger partial charge in [0.25, 0.3) is 0 Å². The number of aromatic nitrogens is 2. The summed E-state index contributed by atoms with van der Waals surface area (Å²) in [5, 5.41) is 14.7. The van der Waals surface area contributed by atoms with Crippen LogP contribution in [-0.2, 0) is 14.3 Å². The van der Waals surface area contributed by atoms with Gasteiger partial charge in [0, 0.05) is 10.7 Å². The second-order valence-electron chi connectivity index (χ2n) is 4.15. The Hall–Kier alpha value is -1.84. The number of nitrogens with one attached hydrogen (secondary N) is 2. The number of methoxy groups -OCH3 is 1. The van der Waals surface area contributed by atoms with E-state index in [4.69, 9.17) is 11.6 Å². The van der Waals surface area contributed by atoms with Gasteiger partial charge in [0.2, 0.25) is 11.0 Å². The van der Waals surface area contributed by atoms with Crippen molar-refractivity contribution in [2.75, 3.05) is 24.7 Å². The van der Waals surface area contributed by atoms with Crippen LogP contribution < -0.4 is 10.6 Å². The van der Waals surface area contributed by atoms with Gasteiger partial charge in [-0.05, 0) is 18.2 Å². The summed E-state index contributed by atoms with van der Waals surface area (Å²) in [5.74, 6) is -0.629. The van der Waals surface area contributed by atoms with E-state index in [0.29, 0.717) is 14.5 Å². The van der Waals surface area contributed by atoms with Gasteiger partial charge in [-0.2, -0.15) is 0 Å². The van der Waals surface area contributed by atoms with E-state index in [2.05, 4.69) is 25.6 Å². The maximum absolute atomic E-state index is 11.6. The number of thioether (sulfide) groups is 1. The van der Waals surface area contributed by atoms with Crippen LogP contribution in [0.1, 0.15) is 0 Å². The third kappa shape index (κ3) is 6.05. The quantitative estimate of drug-likeness (QED) is 0.569. The lowest BCUT2D eigenvalue weighted by molar-refractivity contribution is -0.140. The van der Waals surface area contributed by atoms with E-state index < -0.39 is 5.97 Å². The van der Waals surface area contributed by atoms with Gasteiger partial charge >= 0.3 is 5.97 Å². The summed E-state index contributed by atoms with van der Waals surface area (Å²) in [6.07, 6.45) is 0. The van der Waals surface area contributed by atoms with Crippen LogP contribution in [0.15, 0.2) is 28.6 Å². The van der Waals surface area contributed by atoms with Crippen molar-refractivity contribution < 1.29 is 14.3 Å². The minimum absolute atomic E-state index is 0.142. The topological polar surface area (TPSA) is 93.2 Å². The van der Waals surface area contributed by atoms with E-state index in [9.17, 15) is 9.59 Å². The Morgan fingerprint density at radius 2 is 2.22 bits per heavy atom. The molecule has 2 rings (SSSR count). The van der Waals surface area contributed by atoms with Crippen molar-refractivity contribution in [1.82, 2.24) is 15.5 Å². The highest BCUT2D eigenvalue weighted by molar-refractivity contribution is 8.01. The summed E-state index contributed by atoms with van der Waals surface area (Å²) in [5.41, 5.74) is 0.807. The van der Waals surface area contributed by atoms with Crippen LogP contribution in [0.2, 0.25) is 5.02 Å². The minimum atomic E-state index is -0.493. The van der Waals surface area contributed by atoms with Crippen molar-refractivity contribution in [2.24, 2.45) is 0 Å². The third-order valence-corrected chi connectivity index (χ3v) is 4.67. The summed E-state index contributed by atoms with van der Waals surface area (Å²) < 4.78 is 5.07. The smallest absolute Gasteiger partial charge is 0.325 e. The maximum Gasteiger partial charge on any atom is 0.325 e. The van der Waals surface area contributed by atoms with Crippen LogP contribution in [0.25, 0.3) is 0 Å². The molecule has 1 heterocycles. The molecule has 23 heavy (non-hydrogen) atoms. The number of nitrogens with zero attached hydrogens (tertiary/aromatic N) is 2. The number of halogens is 1. The second-order valence-corrected chi connectivity index (χ2v) is 6.79. The van der Waals surface area contributed by atoms with Crippen LogP contribution in [-0.4, -0.2) is 41.5 Å². The van der Waals surface area contributed by atoms with Crippen LogP contribution in [0.4, 0.5) is 10.8 Å². The van der Waals surface area contributed by atoms with Crippen molar-refractivity contribution >= 4 is 57.4 Å². The Labute approximate surface area is 145 Å². The molecule has 0 radical (unpaired) electrons. The Morgan fingerprint density at radius 3 is 2.96 bits per heavy atom. The molecule has 2 aromatic rings.